The monoisotopic (exact) mass is 339 g/mol. The number of carboxylic acids is 1. The van der Waals surface area contributed by atoms with Crippen molar-refractivity contribution in [2.45, 2.75) is 19.9 Å². The molecule has 5 heteroatoms. The third-order valence-electron chi connectivity index (χ3n) is 2.77. The quantitative estimate of drug-likeness (QED) is 0.849. The first-order valence-corrected chi connectivity index (χ1v) is 7.55. The van der Waals surface area contributed by atoms with Gasteiger partial charge in [-0.25, -0.2) is 4.79 Å². The zero-order chi connectivity index (χ0) is 13.8. The van der Waals surface area contributed by atoms with Gasteiger partial charge in [0.15, 0.2) is 0 Å². The van der Waals surface area contributed by atoms with E-state index in [0.717, 1.165) is 21.5 Å². The van der Waals surface area contributed by atoms with Crippen LogP contribution in [0, 0.1) is 0 Å². The van der Waals surface area contributed by atoms with E-state index < -0.39 is 5.97 Å². The fourth-order valence-electron chi connectivity index (χ4n) is 1.80. The van der Waals surface area contributed by atoms with Crippen LogP contribution in [0.2, 0.25) is 0 Å². The van der Waals surface area contributed by atoms with Gasteiger partial charge in [0.25, 0.3) is 0 Å². The molecule has 100 valence electrons. The molecule has 0 radical (unpaired) electrons. The summed E-state index contributed by atoms with van der Waals surface area (Å²) in [6.45, 7) is 2.76. The van der Waals surface area contributed by atoms with Gasteiger partial charge in [-0.05, 0) is 42.3 Å². The van der Waals surface area contributed by atoms with E-state index in [4.69, 9.17) is 5.11 Å². The Morgan fingerprint density at radius 1 is 1.37 bits per heavy atom. The second-order valence-corrected chi connectivity index (χ2v) is 6.16. The first-order valence-electron chi connectivity index (χ1n) is 5.94. The van der Waals surface area contributed by atoms with Gasteiger partial charge < -0.3 is 10.4 Å². The highest BCUT2D eigenvalue weighted by atomic mass is 79.9. The summed E-state index contributed by atoms with van der Waals surface area (Å²) in [5.41, 5.74) is 2.33. The molecule has 3 nitrogen and oxygen atoms in total. The average Bonchev–Trinajstić information content (AvgIpc) is 2.86. The standard InChI is InChI=1S/C14H14BrNO2S/c1-2-9-7-10(15)3-5-12(9)16-8-11-4-6-13(19-11)14(17)18/h3-7,16H,2,8H2,1H3,(H,17,18). The number of hydrogen-bond acceptors (Lipinski definition) is 3. The maximum atomic E-state index is 10.8. The number of hydrogen-bond donors (Lipinski definition) is 2. The van der Waals surface area contributed by atoms with E-state index in [1.807, 2.05) is 18.2 Å². The van der Waals surface area contributed by atoms with Crippen molar-refractivity contribution in [2.24, 2.45) is 0 Å². The van der Waals surface area contributed by atoms with Crippen LogP contribution < -0.4 is 5.32 Å². The molecule has 19 heavy (non-hydrogen) atoms. The Bertz CT molecular complexity index is 595. The summed E-state index contributed by atoms with van der Waals surface area (Å²) in [4.78, 5) is 12.2. The molecule has 1 aromatic carbocycles. The number of carboxylic acid groups (broad SMARTS) is 1. The van der Waals surface area contributed by atoms with Crippen LogP contribution in [0.15, 0.2) is 34.8 Å². The van der Waals surface area contributed by atoms with Crippen LogP contribution in [0.25, 0.3) is 0 Å². The van der Waals surface area contributed by atoms with E-state index in [0.29, 0.717) is 11.4 Å². The number of aromatic carboxylic acids is 1. The fraction of sp³-hybridized carbons (Fsp3) is 0.214. The number of rotatable bonds is 5. The molecule has 0 aliphatic heterocycles. The Morgan fingerprint density at radius 3 is 2.79 bits per heavy atom. The van der Waals surface area contributed by atoms with Crippen LogP contribution in [0.1, 0.15) is 27.0 Å². The molecule has 0 saturated carbocycles. The largest absolute Gasteiger partial charge is 0.477 e. The zero-order valence-electron chi connectivity index (χ0n) is 10.4. The van der Waals surface area contributed by atoms with Crippen LogP contribution in [-0.4, -0.2) is 11.1 Å². The van der Waals surface area contributed by atoms with Crippen molar-refractivity contribution in [3.05, 3.63) is 50.1 Å². The van der Waals surface area contributed by atoms with Gasteiger partial charge in [0, 0.05) is 21.6 Å². The molecule has 0 aliphatic rings. The summed E-state index contributed by atoms with van der Waals surface area (Å²) < 4.78 is 1.07. The normalized spacial score (nSPS) is 10.4. The molecule has 0 bridgehead atoms. The summed E-state index contributed by atoms with van der Waals surface area (Å²) in [6.07, 6.45) is 0.951. The maximum Gasteiger partial charge on any atom is 0.345 e. The minimum Gasteiger partial charge on any atom is -0.477 e. The van der Waals surface area contributed by atoms with E-state index in [-0.39, 0.29) is 0 Å². The van der Waals surface area contributed by atoms with Crippen LogP contribution in [0.4, 0.5) is 5.69 Å². The molecular weight excluding hydrogens is 326 g/mol. The lowest BCUT2D eigenvalue weighted by Gasteiger charge is -2.10. The molecule has 0 saturated heterocycles. The van der Waals surface area contributed by atoms with E-state index >= 15 is 0 Å². The Balaban J connectivity index is 2.07. The molecule has 2 rings (SSSR count). The zero-order valence-corrected chi connectivity index (χ0v) is 12.8. The van der Waals surface area contributed by atoms with Crippen molar-refractivity contribution >= 4 is 38.9 Å². The number of aryl methyl sites for hydroxylation is 1. The smallest absolute Gasteiger partial charge is 0.345 e. The Morgan fingerprint density at radius 2 is 2.16 bits per heavy atom. The first-order chi connectivity index (χ1) is 9.10. The summed E-state index contributed by atoms with van der Waals surface area (Å²) >= 11 is 4.77. The average molecular weight is 340 g/mol. The van der Waals surface area contributed by atoms with Crippen molar-refractivity contribution in [2.75, 3.05) is 5.32 Å². The molecule has 0 atom stereocenters. The van der Waals surface area contributed by atoms with E-state index in [1.165, 1.54) is 16.9 Å². The van der Waals surface area contributed by atoms with E-state index in [1.54, 1.807) is 6.07 Å². The second kappa shape index (κ2) is 6.21. The van der Waals surface area contributed by atoms with Crippen LogP contribution in [-0.2, 0) is 13.0 Å². The van der Waals surface area contributed by atoms with Gasteiger partial charge in [0.05, 0.1) is 0 Å². The SMILES string of the molecule is CCc1cc(Br)ccc1NCc1ccc(C(=O)O)s1. The van der Waals surface area contributed by atoms with Crippen LogP contribution in [0.3, 0.4) is 0 Å². The van der Waals surface area contributed by atoms with Crippen molar-refractivity contribution in [1.29, 1.82) is 0 Å². The Kier molecular flexibility index (Phi) is 4.61. The highest BCUT2D eigenvalue weighted by Crippen LogP contribution is 2.23. The van der Waals surface area contributed by atoms with Gasteiger partial charge in [-0.15, -0.1) is 11.3 Å². The third-order valence-corrected chi connectivity index (χ3v) is 4.34. The van der Waals surface area contributed by atoms with Crippen molar-refractivity contribution in [3.63, 3.8) is 0 Å². The number of carbonyl (C=O) groups is 1. The summed E-state index contributed by atoms with van der Waals surface area (Å²) in [6, 6.07) is 9.63. The van der Waals surface area contributed by atoms with Gasteiger partial charge in [0.1, 0.15) is 4.88 Å². The lowest BCUT2D eigenvalue weighted by molar-refractivity contribution is 0.0702. The number of thiophene rings is 1. The lowest BCUT2D eigenvalue weighted by Crippen LogP contribution is -2.00. The van der Waals surface area contributed by atoms with E-state index in [9.17, 15) is 4.79 Å². The summed E-state index contributed by atoms with van der Waals surface area (Å²) in [7, 11) is 0. The minimum atomic E-state index is -0.867. The van der Waals surface area contributed by atoms with Crippen LogP contribution >= 0.6 is 27.3 Å². The molecule has 0 fully saturated rings. The predicted molar refractivity (Wildman–Crippen MR) is 82.1 cm³/mol. The van der Waals surface area contributed by atoms with Crippen molar-refractivity contribution < 1.29 is 9.90 Å². The molecular formula is C14H14BrNO2S. The molecule has 1 heterocycles. The minimum absolute atomic E-state index is 0.378. The predicted octanol–water partition coefficient (Wildman–Crippen LogP) is 4.38. The molecule has 0 aliphatic carbocycles. The number of nitrogens with one attached hydrogen (secondary N) is 1. The van der Waals surface area contributed by atoms with Gasteiger partial charge in [0.2, 0.25) is 0 Å². The number of halogens is 1. The van der Waals surface area contributed by atoms with E-state index in [2.05, 4.69) is 34.2 Å². The van der Waals surface area contributed by atoms with Crippen molar-refractivity contribution in [1.82, 2.24) is 0 Å². The van der Waals surface area contributed by atoms with Gasteiger partial charge in [-0.3, -0.25) is 0 Å². The number of anilines is 1. The molecule has 0 spiro atoms. The highest BCUT2D eigenvalue weighted by molar-refractivity contribution is 9.10. The summed E-state index contributed by atoms with van der Waals surface area (Å²) in [5, 5.41) is 12.2. The molecule has 0 unspecified atom stereocenters. The lowest BCUT2D eigenvalue weighted by atomic mass is 10.1. The molecule has 2 aromatic rings. The Hall–Kier alpha value is -1.33. The van der Waals surface area contributed by atoms with Gasteiger partial charge in [-0.1, -0.05) is 22.9 Å². The summed E-state index contributed by atoms with van der Waals surface area (Å²) in [5.74, 6) is -0.867. The topological polar surface area (TPSA) is 49.3 Å². The van der Waals surface area contributed by atoms with Crippen molar-refractivity contribution in [3.8, 4) is 0 Å². The second-order valence-electron chi connectivity index (χ2n) is 4.08. The van der Waals surface area contributed by atoms with Crippen LogP contribution in [0.5, 0.6) is 0 Å². The Labute approximate surface area is 124 Å². The number of benzene rings is 1. The van der Waals surface area contributed by atoms with Gasteiger partial charge >= 0.3 is 5.97 Å². The third kappa shape index (κ3) is 3.58. The van der Waals surface area contributed by atoms with Gasteiger partial charge in [-0.2, -0.15) is 0 Å². The molecule has 2 N–H and O–H groups in total. The molecule has 1 aromatic heterocycles. The highest BCUT2D eigenvalue weighted by Gasteiger charge is 2.07. The first kappa shape index (κ1) is 14.1. The molecule has 0 amide bonds. The maximum absolute atomic E-state index is 10.8. The fourth-order valence-corrected chi connectivity index (χ4v) is 2.99.